The summed E-state index contributed by atoms with van der Waals surface area (Å²) in [4.78, 5) is 10.5. The normalized spacial score (nSPS) is 13.5. The van der Waals surface area contributed by atoms with E-state index in [1.165, 1.54) is 66.1 Å². The van der Waals surface area contributed by atoms with Crippen molar-refractivity contribution in [2.24, 2.45) is 0 Å². The van der Waals surface area contributed by atoms with Gasteiger partial charge in [0.2, 0.25) is 0 Å². The van der Waals surface area contributed by atoms with Crippen LogP contribution < -0.4 is 0 Å². The first-order chi connectivity index (χ1) is 23.0. The van der Waals surface area contributed by atoms with Crippen LogP contribution >= 0.6 is 0 Å². The van der Waals surface area contributed by atoms with Gasteiger partial charge in [-0.15, -0.1) is 0 Å². The van der Waals surface area contributed by atoms with Crippen LogP contribution in [-0.4, -0.2) is 9.97 Å². The third-order valence-corrected chi connectivity index (χ3v) is 10.4. The molecular weight excluding hydrogens is 569 g/mol. The Morgan fingerprint density at radius 3 is 1.87 bits per heavy atom. The highest BCUT2D eigenvalue weighted by molar-refractivity contribution is 6.15. The van der Waals surface area contributed by atoms with Gasteiger partial charge in [0.25, 0.3) is 0 Å². The van der Waals surface area contributed by atoms with Crippen molar-refractivity contribution in [3.63, 3.8) is 0 Å². The lowest BCUT2D eigenvalue weighted by Gasteiger charge is -2.22. The molecule has 2 heteroatoms. The number of aromatic nitrogens is 2. The van der Waals surface area contributed by atoms with Gasteiger partial charge in [-0.3, -0.25) is 0 Å². The van der Waals surface area contributed by atoms with E-state index in [4.69, 9.17) is 9.97 Å². The highest BCUT2D eigenvalue weighted by atomic mass is 14.9. The van der Waals surface area contributed by atoms with Gasteiger partial charge in [-0.1, -0.05) is 135 Å². The van der Waals surface area contributed by atoms with Gasteiger partial charge in [0.15, 0.2) is 5.82 Å². The van der Waals surface area contributed by atoms with Crippen molar-refractivity contribution in [1.29, 1.82) is 0 Å². The number of fused-ring (bicyclic) bond motifs is 7. The van der Waals surface area contributed by atoms with Crippen molar-refractivity contribution in [1.82, 2.24) is 9.97 Å². The maximum atomic E-state index is 5.29. The lowest BCUT2D eigenvalue weighted by Crippen LogP contribution is -2.14. The Hall–Kier alpha value is -5.86. The van der Waals surface area contributed by atoms with Crippen molar-refractivity contribution in [2.75, 3.05) is 0 Å². The summed E-state index contributed by atoms with van der Waals surface area (Å²) in [5, 5.41) is 5.15. The van der Waals surface area contributed by atoms with Gasteiger partial charge in [-0.2, -0.15) is 0 Å². The minimum atomic E-state index is -0.126. The summed E-state index contributed by atoms with van der Waals surface area (Å²) in [6, 6.07) is 52.8. The van der Waals surface area contributed by atoms with Crippen molar-refractivity contribution >= 4 is 21.5 Å². The molecule has 0 radical (unpaired) electrons. The van der Waals surface area contributed by atoms with Gasteiger partial charge in [0, 0.05) is 22.1 Å². The molecule has 0 N–H and O–H groups in total. The SMILES string of the molecule is CC1(C)c2cc3ccccc3cc2-c2c(-c3cc(-c4ccc5c(c4)-c4cccc6cccc-5c46)nc(-c4ccccc4)n3)cccc21. The third kappa shape index (κ3) is 3.79. The molecule has 2 aliphatic carbocycles. The number of nitrogens with zero attached hydrogens (tertiary/aromatic N) is 2. The summed E-state index contributed by atoms with van der Waals surface area (Å²) in [6.07, 6.45) is 0. The van der Waals surface area contributed by atoms with Crippen LogP contribution in [0, 0.1) is 0 Å². The molecule has 7 aromatic carbocycles. The molecular formula is C45H30N2. The molecule has 10 rings (SSSR count). The zero-order chi connectivity index (χ0) is 31.3. The molecule has 1 aromatic heterocycles. The van der Waals surface area contributed by atoms with E-state index < -0.39 is 0 Å². The van der Waals surface area contributed by atoms with Gasteiger partial charge < -0.3 is 0 Å². The summed E-state index contributed by atoms with van der Waals surface area (Å²) >= 11 is 0. The predicted octanol–water partition coefficient (Wildman–Crippen LogP) is 11.7. The molecule has 0 aliphatic heterocycles. The lowest BCUT2D eigenvalue weighted by atomic mass is 9.81. The third-order valence-electron chi connectivity index (χ3n) is 10.4. The maximum Gasteiger partial charge on any atom is 0.160 e. The maximum absolute atomic E-state index is 5.29. The van der Waals surface area contributed by atoms with Gasteiger partial charge >= 0.3 is 0 Å². The molecule has 0 spiro atoms. The van der Waals surface area contributed by atoms with Crippen LogP contribution in [0.2, 0.25) is 0 Å². The molecule has 2 nitrogen and oxygen atoms in total. The van der Waals surface area contributed by atoms with Gasteiger partial charge in [0.05, 0.1) is 11.4 Å². The minimum Gasteiger partial charge on any atom is -0.228 e. The molecule has 2 aliphatic rings. The summed E-state index contributed by atoms with van der Waals surface area (Å²) in [5.74, 6) is 0.734. The highest BCUT2D eigenvalue weighted by Gasteiger charge is 2.37. The summed E-state index contributed by atoms with van der Waals surface area (Å²) in [5.41, 5.74) is 15.4. The molecule has 0 bridgehead atoms. The average Bonchev–Trinajstić information content (AvgIpc) is 3.56. The molecule has 0 atom stereocenters. The fraction of sp³-hybridized carbons (Fsp3) is 0.0667. The fourth-order valence-electron chi connectivity index (χ4n) is 8.09. The second-order valence-corrected chi connectivity index (χ2v) is 13.4. The van der Waals surface area contributed by atoms with Crippen LogP contribution in [0.3, 0.4) is 0 Å². The first kappa shape index (κ1) is 26.4. The Labute approximate surface area is 274 Å². The van der Waals surface area contributed by atoms with E-state index in [1.807, 2.05) is 6.07 Å². The van der Waals surface area contributed by atoms with Crippen LogP contribution in [0.15, 0.2) is 146 Å². The predicted molar refractivity (Wildman–Crippen MR) is 195 cm³/mol. The molecule has 47 heavy (non-hydrogen) atoms. The first-order valence-electron chi connectivity index (χ1n) is 16.3. The van der Waals surface area contributed by atoms with Crippen molar-refractivity contribution in [2.45, 2.75) is 19.3 Å². The first-order valence-corrected chi connectivity index (χ1v) is 16.3. The van der Waals surface area contributed by atoms with Crippen LogP contribution in [0.5, 0.6) is 0 Å². The van der Waals surface area contributed by atoms with E-state index in [2.05, 4.69) is 153 Å². The monoisotopic (exact) mass is 598 g/mol. The Bertz CT molecular complexity index is 2590. The largest absolute Gasteiger partial charge is 0.228 e. The molecule has 0 saturated carbocycles. The summed E-state index contributed by atoms with van der Waals surface area (Å²) in [7, 11) is 0. The summed E-state index contributed by atoms with van der Waals surface area (Å²) in [6.45, 7) is 4.69. The van der Waals surface area contributed by atoms with Gasteiger partial charge in [-0.05, 0) is 90.3 Å². The average molecular weight is 599 g/mol. The molecule has 8 aromatic rings. The second-order valence-electron chi connectivity index (χ2n) is 13.4. The lowest BCUT2D eigenvalue weighted by molar-refractivity contribution is 0.661. The number of benzene rings is 7. The number of hydrogen-bond donors (Lipinski definition) is 0. The smallest absolute Gasteiger partial charge is 0.160 e. The van der Waals surface area contributed by atoms with E-state index in [0.717, 1.165) is 33.9 Å². The Balaban J connectivity index is 1.21. The Morgan fingerprint density at radius 1 is 0.404 bits per heavy atom. The highest BCUT2D eigenvalue weighted by Crippen LogP contribution is 2.53. The molecule has 0 amide bonds. The van der Waals surface area contributed by atoms with Crippen molar-refractivity contribution in [3.8, 4) is 67.3 Å². The van der Waals surface area contributed by atoms with Crippen LogP contribution in [0.25, 0.3) is 88.8 Å². The molecule has 0 unspecified atom stereocenters. The topological polar surface area (TPSA) is 25.8 Å². The second kappa shape index (κ2) is 9.57. The minimum absolute atomic E-state index is 0.126. The Morgan fingerprint density at radius 2 is 1.06 bits per heavy atom. The van der Waals surface area contributed by atoms with Crippen LogP contribution in [0.4, 0.5) is 0 Å². The van der Waals surface area contributed by atoms with Crippen LogP contribution in [-0.2, 0) is 5.41 Å². The number of hydrogen-bond acceptors (Lipinski definition) is 2. The summed E-state index contributed by atoms with van der Waals surface area (Å²) < 4.78 is 0. The van der Waals surface area contributed by atoms with E-state index in [9.17, 15) is 0 Å². The van der Waals surface area contributed by atoms with Crippen LogP contribution in [0.1, 0.15) is 25.0 Å². The van der Waals surface area contributed by atoms with Gasteiger partial charge in [-0.25, -0.2) is 9.97 Å². The molecule has 0 fully saturated rings. The molecule has 220 valence electrons. The zero-order valence-corrected chi connectivity index (χ0v) is 26.3. The van der Waals surface area contributed by atoms with Crippen molar-refractivity contribution in [3.05, 3.63) is 157 Å². The molecule has 0 saturated heterocycles. The van der Waals surface area contributed by atoms with E-state index in [-0.39, 0.29) is 5.41 Å². The quantitative estimate of drug-likeness (QED) is 0.202. The van der Waals surface area contributed by atoms with E-state index in [0.29, 0.717) is 0 Å². The fourth-order valence-corrected chi connectivity index (χ4v) is 8.09. The zero-order valence-electron chi connectivity index (χ0n) is 26.3. The van der Waals surface area contributed by atoms with E-state index in [1.54, 1.807) is 0 Å². The van der Waals surface area contributed by atoms with Gasteiger partial charge in [0.1, 0.15) is 0 Å². The Kier molecular flexibility index (Phi) is 5.37. The number of rotatable bonds is 3. The molecule has 1 heterocycles. The van der Waals surface area contributed by atoms with E-state index >= 15 is 0 Å². The standard InChI is InChI=1S/C45H30N2/c1-45(2)38-20-10-19-35(43(38)37-23-29-13-6-7-14-30(29)25-39(37)45)41-26-40(46-44(47-41)28-11-4-3-5-12-28)31-21-22-32-33-17-8-15-27-16-9-18-34(42(27)33)36(32)24-31/h3-26H,1-2H3. The van der Waals surface area contributed by atoms with Crippen molar-refractivity contribution < 1.29 is 0 Å².